The summed E-state index contributed by atoms with van der Waals surface area (Å²) in [5.74, 6) is 0.445. The highest BCUT2D eigenvalue weighted by Gasteiger charge is 2.20. The number of carbonyl (C=O) groups is 1. The molecule has 0 fully saturated rings. The summed E-state index contributed by atoms with van der Waals surface area (Å²) in [5, 5.41) is 1.38. The number of hydrogen-bond acceptors (Lipinski definition) is 4. The van der Waals surface area contributed by atoms with E-state index in [0.29, 0.717) is 23.0 Å². The molecule has 2 rings (SSSR count). The molecule has 0 saturated carbocycles. The monoisotopic (exact) mass is 284 g/mol. The Morgan fingerprint density at radius 2 is 2.28 bits per heavy atom. The highest BCUT2D eigenvalue weighted by Crippen LogP contribution is 2.26. The molecule has 0 aromatic carbocycles. The number of hydrogen-bond donors (Lipinski definition) is 0. The fourth-order valence-electron chi connectivity index (χ4n) is 1.60. The standard InChI is InChI=1S/C12H13ClN2O2S/c1-3-17-12(16)10-11(18-4-2)15-7-8(13)5-6-9(15)14-10/h5-7H,3-4H2,1-2H3. The van der Waals surface area contributed by atoms with E-state index in [1.807, 2.05) is 11.3 Å². The molecule has 0 aliphatic rings. The Bertz CT molecular complexity index is 583. The molecule has 0 aliphatic carbocycles. The first-order chi connectivity index (χ1) is 8.67. The van der Waals surface area contributed by atoms with E-state index in [9.17, 15) is 4.79 Å². The Morgan fingerprint density at radius 1 is 1.50 bits per heavy atom. The number of thioether (sulfide) groups is 1. The van der Waals surface area contributed by atoms with Crippen molar-refractivity contribution in [2.45, 2.75) is 18.9 Å². The number of ether oxygens (including phenoxy) is 1. The van der Waals surface area contributed by atoms with Gasteiger partial charge in [-0.1, -0.05) is 18.5 Å². The summed E-state index contributed by atoms with van der Waals surface area (Å²) in [4.78, 5) is 16.2. The third-order valence-corrected chi connectivity index (χ3v) is 3.46. The molecule has 0 amide bonds. The summed E-state index contributed by atoms with van der Waals surface area (Å²) in [6.45, 7) is 4.13. The number of halogens is 1. The van der Waals surface area contributed by atoms with Gasteiger partial charge in [0, 0.05) is 6.20 Å². The quantitative estimate of drug-likeness (QED) is 0.638. The Labute approximate surface area is 114 Å². The van der Waals surface area contributed by atoms with Crippen LogP contribution in [-0.2, 0) is 4.74 Å². The summed E-state index contributed by atoms with van der Waals surface area (Å²) in [6.07, 6.45) is 1.75. The van der Waals surface area contributed by atoms with Gasteiger partial charge in [-0.15, -0.1) is 11.8 Å². The smallest absolute Gasteiger partial charge is 0.359 e. The second-order valence-corrected chi connectivity index (χ2v) is 5.18. The van der Waals surface area contributed by atoms with Crippen LogP contribution in [0.2, 0.25) is 5.02 Å². The van der Waals surface area contributed by atoms with Crippen LogP contribution in [0.1, 0.15) is 24.3 Å². The van der Waals surface area contributed by atoms with Gasteiger partial charge in [0.25, 0.3) is 0 Å². The molecule has 0 radical (unpaired) electrons. The van der Waals surface area contributed by atoms with Gasteiger partial charge in [-0.05, 0) is 24.8 Å². The number of imidazole rings is 1. The first-order valence-corrected chi connectivity index (χ1v) is 7.01. The number of esters is 1. The van der Waals surface area contributed by atoms with Crippen molar-refractivity contribution in [1.82, 2.24) is 9.38 Å². The lowest BCUT2D eigenvalue weighted by atomic mass is 10.5. The van der Waals surface area contributed by atoms with Gasteiger partial charge < -0.3 is 4.74 Å². The van der Waals surface area contributed by atoms with Gasteiger partial charge in [-0.25, -0.2) is 9.78 Å². The van der Waals surface area contributed by atoms with Crippen LogP contribution in [0.15, 0.2) is 23.4 Å². The minimum atomic E-state index is -0.395. The van der Waals surface area contributed by atoms with Crippen LogP contribution >= 0.6 is 23.4 Å². The van der Waals surface area contributed by atoms with E-state index in [-0.39, 0.29) is 0 Å². The first-order valence-electron chi connectivity index (χ1n) is 5.64. The summed E-state index contributed by atoms with van der Waals surface area (Å²) in [6, 6.07) is 3.53. The van der Waals surface area contributed by atoms with Crippen molar-refractivity contribution in [1.29, 1.82) is 0 Å². The van der Waals surface area contributed by atoms with Gasteiger partial charge >= 0.3 is 5.97 Å². The van der Waals surface area contributed by atoms with Crippen LogP contribution in [0.5, 0.6) is 0 Å². The number of carbonyl (C=O) groups excluding carboxylic acids is 1. The Balaban J connectivity index is 2.57. The largest absolute Gasteiger partial charge is 0.461 e. The van der Waals surface area contributed by atoms with Gasteiger partial charge in [0.05, 0.1) is 11.6 Å². The molecule has 0 bridgehead atoms. The molecule has 18 heavy (non-hydrogen) atoms. The van der Waals surface area contributed by atoms with Crippen molar-refractivity contribution in [3.63, 3.8) is 0 Å². The minimum Gasteiger partial charge on any atom is -0.461 e. The van der Waals surface area contributed by atoms with E-state index in [4.69, 9.17) is 16.3 Å². The number of aromatic nitrogens is 2. The molecular formula is C12H13ClN2O2S. The fraction of sp³-hybridized carbons (Fsp3) is 0.333. The normalized spacial score (nSPS) is 10.8. The molecule has 6 heteroatoms. The number of rotatable bonds is 4. The maximum absolute atomic E-state index is 11.9. The fourth-order valence-corrected chi connectivity index (χ4v) is 2.59. The molecule has 2 aromatic rings. The Morgan fingerprint density at radius 3 is 2.94 bits per heavy atom. The lowest BCUT2D eigenvalue weighted by Crippen LogP contribution is -2.06. The van der Waals surface area contributed by atoms with Crippen LogP contribution in [0.4, 0.5) is 0 Å². The molecule has 0 saturated heterocycles. The maximum Gasteiger partial charge on any atom is 0.359 e. The predicted molar refractivity (Wildman–Crippen MR) is 72.6 cm³/mol. The predicted octanol–water partition coefficient (Wildman–Crippen LogP) is 3.28. The van der Waals surface area contributed by atoms with Crippen molar-refractivity contribution < 1.29 is 9.53 Å². The molecule has 2 heterocycles. The zero-order valence-electron chi connectivity index (χ0n) is 10.1. The minimum absolute atomic E-state index is 0.337. The van der Waals surface area contributed by atoms with Crippen LogP contribution in [-0.4, -0.2) is 27.7 Å². The molecule has 96 valence electrons. The Hall–Kier alpha value is -1.20. The van der Waals surface area contributed by atoms with Crippen LogP contribution in [0.3, 0.4) is 0 Å². The lowest BCUT2D eigenvalue weighted by molar-refractivity contribution is 0.0515. The van der Waals surface area contributed by atoms with E-state index in [2.05, 4.69) is 4.98 Å². The average molecular weight is 285 g/mol. The molecule has 0 unspecified atom stereocenters. The van der Waals surface area contributed by atoms with Crippen LogP contribution in [0.25, 0.3) is 5.65 Å². The van der Waals surface area contributed by atoms with Gasteiger partial charge in [0.2, 0.25) is 0 Å². The van der Waals surface area contributed by atoms with Gasteiger partial charge in [0.1, 0.15) is 10.7 Å². The number of pyridine rings is 1. The molecule has 0 aliphatic heterocycles. The molecule has 2 aromatic heterocycles. The zero-order chi connectivity index (χ0) is 13.1. The molecule has 0 N–H and O–H groups in total. The highest BCUT2D eigenvalue weighted by molar-refractivity contribution is 7.99. The van der Waals surface area contributed by atoms with E-state index in [1.165, 1.54) is 0 Å². The first kappa shape index (κ1) is 13.2. The van der Waals surface area contributed by atoms with Gasteiger partial charge in [0.15, 0.2) is 5.69 Å². The van der Waals surface area contributed by atoms with Crippen molar-refractivity contribution in [3.8, 4) is 0 Å². The van der Waals surface area contributed by atoms with Gasteiger partial charge in [-0.3, -0.25) is 4.40 Å². The summed E-state index contributed by atoms with van der Waals surface area (Å²) in [5.41, 5.74) is 1.05. The third kappa shape index (κ3) is 2.47. The second-order valence-electron chi connectivity index (χ2n) is 3.49. The van der Waals surface area contributed by atoms with E-state index in [1.54, 1.807) is 37.0 Å². The average Bonchev–Trinajstić information content (AvgIpc) is 2.69. The SMILES string of the molecule is CCOC(=O)c1nc2ccc(Cl)cn2c1SCC. The van der Waals surface area contributed by atoms with E-state index >= 15 is 0 Å². The van der Waals surface area contributed by atoms with Gasteiger partial charge in [-0.2, -0.15) is 0 Å². The van der Waals surface area contributed by atoms with Crippen molar-refractivity contribution in [3.05, 3.63) is 29.0 Å². The number of nitrogens with zero attached hydrogens (tertiary/aromatic N) is 2. The van der Waals surface area contributed by atoms with Crippen LogP contribution in [0, 0.1) is 0 Å². The molecule has 0 spiro atoms. The molecular weight excluding hydrogens is 272 g/mol. The molecule has 4 nitrogen and oxygen atoms in total. The number of fused-ring (bicyclic) bond motifs is 1. The molecule has 0 atom stereocenters. The Kier molecular flexibility index (Phi) is 4.14. The van der Waals surface area contributed by atoms with Crippen molar-refractivity contribution in [2.24, 2.45) is 0 Å². The van der Waals surface area contributed by atoms with Crippen molar-refractivity contribution in [2.75, 3.05) is 12.4 Å². The lowest BCUT2D eigenvalue weighted by Gasteiger charge is -2.03. The zero-order valence-corrected chi connectivity index (χ0v) is 11.7. The third-order valence-electron chi connectivity index (χ3n) is 2.29. The highest BCUT2D eigenvalue weighted by atomic mass is 35.5. The topological polar surface area (TPSA) is 43.6 Å². The van der Waals surface area contributed by atoms with Crippen LogP contribution < -0.4 is 0 Å². The second kappa shape index (κ2) is 5.63. The van der Waals surface area contributed by atoms with E-state index < -0.39 is 5.97 Å². The maximum atomic E-state index is 11.9. The summed E-state index contributed by atoms with van der Waals surface area (Å²) < 4.78 is 6.84. The van der Waals surface area contributed by atoms with Crippen molar-refractivity contribution >= 4 is 35.0 Å². The summed E-state index contributed by atoms with van der Waals surface area (Å²) >= 11 is 7.51. The summed E-state index contributed by atoms with van der Waals surface area (Å²) in [7, 11) is 0. The van der Waals surface area contributed by atoms with E-state index in [0.717, 1.165) is 10.8 Å².